The number of likely N-dealkylation sites (N-methyl/N-ethyl adjacent to an activating group) is 1. The van der Waals surface area contributed by atoms with Crippen molar-refractivity contribution in [2.45, 2.75) is 24.9 Å². The normalized spacial score (nSPS) is 18.1. The van der Waals surface area contributed by atoms with Crippen molar-refractivity contribution < 1.29 is 18.0 Å². The molecule has 1 aliphatic heterocycles. The van der Waals surface area contributed by atoms with Gasteiger partial charge in [-0.1, -0.05) is 12.1 Å². The Morgan fingerprint density at radius 3 is 2.79 bits per heavy atom. The number of carbonyl (C=O) groups excluding carboxylic acids is 1. The summed E-state index contributed by atoms with van der Waals surface area (Å²) in [7, 11) is 3.46. The van der Waals surface area contributed by atoms with Crippen molar-refractivity contribution >= 4 is 5.91 Å². The summed E-state index contributed by atoms with van der Waals surface area (Å²) >= 11 is 0. The van der Waals surface area contributed by atoms with Crippen molar-refractivity contribution in [1.82, 2.24) is 19.8 Å². The smallest absolute Gasteiger partial charge is 0.348 e. The molecule has 1 fully saturated rings. The maximum Gasteiger partial charge on any atom is 0.416 e. The van der Waals surface area contributed by atoms with Gasteiger partial charge in [0.25, 0.3) is 0 Å². The van der Waals surface area contributed by atoms with Crippen LogP contribution in [0.15, 0.2) is 36.7 Å². The first-order valence-electron chi connectivity index (χ1n) is 9.16. The number of amides is 1. The maximum atomic E-state index is 13.0. The molecular formula is C20H23F3N4O. The number of piperidine rings is 1. The van der Waals surface area contributed by atoms with Gasteiger partial charge in [0.05, 0.1) is 29.7 Å². The average molecular weight is 392 g/mol. The van der Waals surface area contributed by atoms with Gasteiger partial charge in [0.1, 0.15) is 0 Å². The van der Waals surface area contributed by atoms with Crippen LogP contribution in [0.1, 0.15) is 30.0 Å². The SMILES string of the molecule is CN(C)C(=O)CN1CCC[C@H](c2cncc(-c3cccc(C(F)(F)F)c3)n2)C1. The number of aromatic nitrogens is 2. The van der Waals surface area contributed by atoms with Gasteiger partial charge in [0.2, 0.25) is 5.91 Å². The summed E-state index contributed by atoms with van der Waals surface area (Å²) in [6.45, 7) is 1.88. The zero-order valence-corrected chi connectivity index (χ0v) is 15.9. The fraction of sp³-hybridized carbons (Fsp3) is 0.450. The van der Waals surface area contributed by atoms with E-state index >= 15 is 0 Å². The lowest BCUT2D eigenvalue weighted by Crippen LogP contribution is -2.41. The summed E-state index contributed by atoms with van der Waals surface area (Å²) in [4.78, 5) is 24.4. The van der Waals surface area contributed by atoms with Crippen molar-refractivity contribution in [1.29, 1.82) is 0 Å². The molecule has 0 radical (unpaired) electrons. The van der Waals surface area contributed by atoms with Crippen molar-refractivity contribution in [2.75, 3.05) is 33.7 Å². The molecule has 0 bridgehead atoms. The van der Waals surface area contributed by atoms with Crippen LogP contribution < -0.4 is 0 Å². The second-order valence-corrected chi connectivity index (χ2v) is 7.27. The van der Waals surface area contributed by atoms with Crippen LogP contribution in [0.5, 0.6) is 0 Å². The number of carbonyl (C=O) groups is 1. The lowest BCUT2D eigenvalue weighted by Gasteiger charge is -2.32. The van der Waals surface area contributed by atoms with Crippen molar-refractivity contribution in [3.05, 3.63) is 47.9 Å². The summed E-state index contributed by atoms with van der Waals surface area (Å²) in [5, 5.41) is 0. The Kier molecular flexibility index (Phi) is 5.98. The Morgan fingerprint density at radius 2 is 2.07 bits per heavy atom. The van der Waals surface area contributed by atoms with E-state index in [1.165, 1.54) is 12.3 Å². The van der Waals surface area contributed by atoms with Gasteiger partial charge in [-0.2, -0.15) is 13.2 Å². The van der Waals surface area contributed by atoms with E-state index in [0.717, 1.165) is 37.2 Å². The van der Waals surface area contributed by atoms with Gasteiger partial charge in [-0.25, -0.2) is 4.98 Å². The van der Waals surface area contributed by atoms with Crippen molar-refractivity contribution in [2.24, 2.45) is 0 Å². The molecule has 0 aliphatic carbocycles. The van der Waals surface area contributed by atoms with Gasteiger partial charge in [0.15, 0.2) is 0 Å². The molecule has 0 unspecified atom stereocenters. The standard InChI is InChI=1S/C20H23F3N4O/c1-26(2)19(28)13-27-8-4-6-15(12-27)18-11-24-10-17(25-18)14-5-3-7-16(9-14)20(21,22)23/h3,5,7,9-11,15H,4,6,8,12-13H2,1-2H3/t15-/m0/s1. The molecule has 28 heavy (non-hydrogen) atoms. The number of benzene rings is 1. The molecule has 1 aromatic carbocycles. The topological polar surface area (TPSA) is 49.3 Å². The Labute approximate surface area is 162 Å². The van der Waals surface area contributed by atoms with E-state index in [1.807, 2.05) is 0 Å². The quantitative estimate of drug-likeness (QED) is 0.800. The van der Waals surface area contributed by atoms with Crippen molar-refractivity contribution in [3.63, 3.8) is 0 Å². The lowest BCUT2D eigenvalue weighted by atomic mass is 9.94. The first kappa shape index (κ1) is 20.3. The van der Waals surface area contributed by atoms with E-state index in [0.29, 0.717) is 24.3 Å². The van der Waals surface area contributed by atoms with Gasteiger partial charge in [-0.3, -0.25) is 14.7 Å². The van der Waals surface area contributed by atoms with Crippen LogP contribution in [0, 0.1) is 0 Å². The zero-order chi connectivity index (χ0) is 20.3. The molecule has 0 saturated carbocycles. The van der Waals surface area contributed by atoms with Crippen LogP contribution >= 0.6 is 0 Å². The lowest BCUT2D eigenvalue weighted by molar-refractivity contribution is -0.137. The molecule has 3 rings (SSSR count). The van der Waals surface area contributed by atoms with E-state index in [9.17, 15) is 18.0 Å². The van der Waals surface area contributed by atoms with Gasteiger partial charge in [-0.15, -0.1) is 0 Å². The van der Waals surface area contributed by atoms with E-state index in [1.54, 1.807) is 31.3 Å². The molecule has 0 N–H and O–H groups in total. The van der Waals surface area contributed by atoms with Crippen LogP contribution in [-0.2, 0) is 11.0 Å². The Morgan fingerprint density at radius 1 is 1.29 bits per heavy atom. The molecule has 5 nitrogen and oxygen atoms in total. The Balaban J connectivity index is 1.79. The molecule has 1 aromatic heterocycles. The molecule has 1 amide bonds. The number of halogens is 3. The second kappa shape index (κ2) is 8.26. The highest BCUT2D eigenvalue weighted by Crippen LogP contribution is 2.32. The molecule has 1 saturated heterocycles. The summed E-state index contributed by atoms with van der Waals surface area (Å²) in [5.41, 5.74) is 0.852. The number of nitrogens with zero attached hydrogens (tertiary/aromatic N) is 4. The predicted octanol–water partition coefficient (Wildman–Crippen LogP) is 3.43. The van der Waals surface area contributed by atoms with Gasteiger partial charge in [-0.05, 0) is 31.5 Å². The third-order valence-corrected chi connectivity index (χ3v) is 4.92. The minimum absolute atomic E-state index is 0.0458. The number of hydrogen-bond acceptors (Lipinski definition) is 4. The fourth-order valence-electron chi connectivity index (χ4n) is 3.34. The summed E-state index contributed by atoms with van der Waals surface area (Å²) in [6.07, 6.45) is 0.590. The maximum absolute atomic E-state index is 13.0. The van der Waals surface area contributed by atoms with Crippen LogP contribution in [0.2, 0.25) is 0 Å². The summed E-state index contributed by atoms with van der Waals surface area (Å²) in [6, 6.07) is 5.12. The van der Waals surface area contributed by atoms with Crippen LogP contribution in [0.25, 0.3) is 11.3 Å². The molecule has 0 spiro atoms. The van der Waals surface area contributed by atoms with E-state index < -0.39 is 11.7 Å². The summed E-state index contributed by atoms with van der Waals surface area (Å²) in [5.74, 6) is 0.145. The Bertz CT molecular complexity index is 838. The molecule has 150 valence electrons. The first-order valence-corrected chi connectivity index (χ1v) is 9.16. The third-order valence-electron chi connectivity index (χ3n) is 4.92. The molecular weight excluding hydrogens is 369 g/mol. The minimum atomic E-state index is -4.40. The van der Waals surface area contributed by atoms with Gasteiger partial charge in [0, 0.05) is 38.3 Å². The van der Waals surface area contributed by atoms with Crippen LogP contribution in [0.3, 0.4) is 0 Å². The first-order chi connectivity index (χ1) is 13.2. The van der Waals surface area contributed by atoms with E-state index in [2.05, 4.69) is 14.9 Å². The van der Waals surface area contributed by atoms with Gasteiger partial charge < -0.3 is 4.90 Å². The minimum Gasteiger partial charge on any atom is -0.348 e. The third kappa shape index (κ3) is 4.86. The number of likely N-dealkylation sites (tertiary alicyclic amines) is 1. The highest BCUT2D eigenvalue weighted by atomic mass is 19.4. The monoisotopic (exact) mass is 392 g/mol. The average Bonchev–Trinajstić information content (AvgIpc) is 2.67. The fourth-order valence-corrected chi connectivity index (χ4v) is 3.34. The molecule has 1 aliphatic rings. The van der Waals surface area contributed by atoms with Gasteiger partial charge >= 0.3 is 6.18 Å². The second-order valence-electron chi connectivity index (χ2n) is 7.27. The highest BCUT2D eigenvalue weighted by Gasteiger charge is 2.30. The molecule has 8 heteroatoms. The van der Waals surface area contributed by atoms with E-state index in [4.69, 9.17) is 0 Å². The highest BCUT2D eigenvalue weighted by molar-refractivity contribution is 5.77. The number of alkyl halides is 3. The molecule has 2 aromatic rings. The zero-order valence-electron chi connectivity index (χ0n) is 15.9. The van der Waals surface area contributed by atoms with Crippen LogP contribution in [-0.4, -0.2) is 59.4 Å². The Hall–Kier alpha value is -2.48. The molecule has 2 heterocycles. The predicted molar refractivity (Wildman–Crippen MR) is 99.6 cm³/mol. The largest absolute Gasteiger partial charge is 0.416 e. The number of rotatable bonds is 4. The summed E-state index contributed by atoms with van der Waals surface area (Å²) < 4.78 is 39.0. The van der Waals surface area contributed by atoms with E-state index in [-0.39, 0.29) is 11.8 Å². The number of hydrogen-bond donors (Lipinski definition) is 0. The van der Waals surface area contributed by atoms with Crippen LogP contribution in [0.4, 0.5) is 13.2 Å². The molecule has 1 atom stereocenters. The van der Waals surface area contributed by atoms with Crippen molar-refractivity contribution in [3.8, 4) is 11.3 Å².